The minimum atomic E-state index is -0.714. The van der Waals surface area contributed by atoms with E-state index in [0.29, 0.717) is 4.88 Å². The molecule has 0 radical (unpaired) electrons. The van der Waals surface area contributed by atoms with E-state index in [9.17, 15) is 14.7 Å². The van der Waals surface area contributed by atoms with Gasteiger partial charge in [-0.2, -0.15) is 0 Å². The van der Waals surface area contributed by atoms with E-state index in [-0.39, 0.29) is 23.8 Å². The smallest absolute Gasteiger partial charge is 0.328 e. The van der Waals surface area contributed by atoms with Gasteiger partial charge in [0.15, 0.2) is 0 Å². The summed E-state index contributed by atoms with van der Waals surface area (Å²) in [6.07, 6.45) is 1.23. The monoisotopic (exact) mass is 489 g/mol. The number of benzene rings is 1. The molecular weight excluding hydrogens is 450 g/mol. The second-order valence-corrected chi connectivity index (χ2v) is 10.3. The number of carbonyl (C=O) groups is 2. The summed E-state index contributed by atoms with van der Waals surface area (Å²) in [5.74, 6) is 0.162. The summed E-state index contributed by atoms with van der Waals surface area (Å²) < 4.78 is 10.6. The van der Waals surface area contributed by atoms with Gasteiger partial charge in [-0.25, -0.2) is 4.79 Å². The Hall–Kier alpha value is -2.38. The first-order chi connectivity index (χ1) is 16.0. The average Bonchev–Trinajstić information content (AvgIpc) is 3.20. The SMILES string of the molecule is CCC(CC)(c1ccc(OCC(O)C(C)C)c(C)c1)c1cc(C)c(C(=O)N[C@H](C)C(=O)OC)s1. The maximum Gasteiger partial charge on any atom is 0.328 e. The highest BCUT2D eigenvalue weighted by atomic mass is 32.1. The number of amides is 1. The van der Waals surface area contributed by atoms with E-state index >= 15 is 0 Å². The van der Waals surface area contributed by atoms with Gasteiger partial charge in [-0.3, -0.25) is 4.79 Å². The van der Waals surface area contributed by atoms with Crippen molar-refractivity contribution >= 4 is 23.2 Å². The summed E-state index contributed by atoms with van der Waals surface area (Å²) in [4.78, 5) is 26.3. The lowest BCUT2D eigenvalue weighted by molar-refractivity contribution is -0.142. The lowest BCUT2D eigenvalue weighted by atomic mass is 9.74. The number of hydrogen-bond acceptors (Lipinski definition) is 6. The van der Waals surface area contributed by atoms with E-state index in [1.807, 2.05) is 33.8 Å². The van der Waals surface area contributed by atoms with Crippen molar-refractivity contribution in [3.63, 3.8) is 0 Å². The van der Waals surface area contributed by atoms with E-state index in [0.717, 1.165) is 34.6 Å². The summed E-state index contributed by atoms with van der Waals surface area (Å²) in [5.41, 5.74) is 2.82. The van der Waals surface area contributed by atoms with E-state index in [4.69, 9.17) is 9.47 Å². The van der Waals surface area contributed by atoms with Crippen LogP contribution < -0.4 is 10.1 Å². The molecule has 6 nitrogen and oxygen atoms in total. The Labute approximate surface area is 207 Å². The molecule has 1 aromatic carbocycles. The highest BCUT2D eigenvalue weighted by molar-refractivity contribution is 7.14. The topological polar surface area (TPSA) is 84.9 Å². The molecule has 7 heteroatoms. The second-order valence-electron chi connectivity index (χ2n) is 9.23. The van der Waals surface area contributed by atoms with Crippen molar-refractivity contribution in [1.82, 2.24) is 5.32 Å². The molecule has 2 aromatic rings. The molecule has 0 aliphatic carbocycles. The molecule has 1 amide bonds. The molecular formula is C27H39NO5S. The Morgan fingerprint density at radius 3 is 2.26 bits per heavy atom. The summed E-state index contributed by atoms with van der Waals surface area (Å²) in [6, 6.07) is 7.59. The first-order valence-corrected chi connectivity index (χ1v) is 12.7. The Morgan fingerprint density at radius 2 is 1.74 bits per heavy atom. The number of carbonyl (C=O) groups excluding carboxylic acids is 2. The lowest BCUT2D eigenvalue weighted by Crippen LogP contribution is -2.39. The Bertz CT molecular complexity index is 993. The maximum absolute atomic E-state index is 12.9. The maximum atomic E-state index is 12.9. The number of methoxy groups -OCH3 is 1. The number of aliphatic hydroxyl groups excluding tert-OH is 1. The van der Waals surface area contributed by atoms with Gasteiger partial charge in [0.1, 0.15) is 18.4 Å². The van der Waals surface area contributed by atoms with Gasteiger partial charge in [-0.1, -0.05) is 39.8 Å². The minimum Gasteiger partial charge on any atom is -0.491 e. The molecule has 1 aromatic heterocycles. The molecule has 0 aliphatic heterocycles. The molecule has 0 aliphatic rings. The van der Waals surface area contributed by atoms with Crippen molar-refractivity contribution in [1.29, 1.82) is 0 Å². The van der Waals surface area contributed by atoms with Crippen LogP contribution in [-0.4, -0.2) is 42.8 Å². The first-order valence-electron chi connectivity index (χ1n) is 11.9. The van der Waals surface area contributed by atoms with Crippen LogP contribution in [0.4, 0.5) is 0 Å². The molecule has 2 N–H and O–H groups in total. The molecule has 0 fully saturated rings. The van der Waals surface area contributed by atoms with Crippen LogP contribution in [0.5, 0.6) is 5.75 Å². The predicted molar refractivity (Wildman–Crippen MR) is 137 cm³/mol. The van der Waals surface area contributed by atoms with Crippen LogP contribution in [0.2, 0.25) is 0 Å². The fourth-order valence-electron chi connectivity index (χ4n) is 4.07. The zero-order valence-corrected chi connectivity index (χ0v) is 22.5. The Morgan fingerprint density at radius 1 is 1.09 bits per heavy atom. The van der Waals surface area contributed by atoms with Crippen molar-refractivity contribution in [3.05, 3.63) is 50.7 Å². The van der Waals surface area contributed by atoms with Crippen molar-refractivity contribution in [2.45, 2.75) is 78.9 Å². The number of ether oxygens (including phenoxy) is 2. The molecule has 2 rings (SSSR count). The highest BCUT2D eigenvalue weighted by Gasteiger charge is 2.34. The average molecular weight is 490 g/mol. The number of esters is 1. The van der Waals surface area contributed by atoms with E-state index < -0.39 is 18.1 Å². The van der Waals surface area contributed by atoms with Crippen molar-refractivity contribution in [2.24, 2.45) is 5.92 Å². The largest absolute Gasteiger partial charge is 0.491 e. The van der Waals surface area contributed by atoms with Crippen LogP contribution in [0.1, 0.15) is 78.7 Å². The van der Waals surface area contributed by atoms with Gasteiger partial charge in [0, 0.05) is 10.3 Å². The number of hydrogen-bond donors (Lipinski definition) is 2. The fraction of sp³-hybridized carbons (Fsp3) is 0.556. The van der Waals surface area contributed by atoms with E-state index in [2.05, 4.69) is 37.4 Å². The molecule has 0 spiro atoms. The van der Waals surface area contributed by atoms with Gasteiger partial charge in [0.25, 0.3) is 5.91 Å². The molecule has 34 heavy (non-hydrogen) atoms. The Kier molecular flexibility index (Phi) is 9.71. The van der Waals surface area contributed by atoms with E-state index in [1.54, 1.807) is 6.92 Å². The van der Waals surface area contributed by atoms with Gasteiger partial charge in [0.05, 0.1) is 18.1 Å². The molecule has 0 saturated heterocycles. The quantitative estimate of drug-likeness (QED) is 0.426. The highest BCUT2D eigenvalue weighted by Crippen LogP contribution is 2.44. The van der Waals surface area contributed by atoms with Crippen LogP contribution in [0, 0.1) is 19.8 Å². The van der Waals surface area contributed by atoms with Crippen molar-refractivity contribution in [3.8, 4) is 5.75 Å². The lowest BCUT2D eigenvalue weighted by Gasteiger charge is -2.32. The summed E-state index contributed by atoms with van der Waals surface area (Å²) in [7, 11) is 1.31. The first kappa shape index (κ1) is 27.9. The standard InChI is InChI=1S/C27H39NO5S/c1-9-27(10-2,20-11-12-22(17(5)13-20)33-15-21(29)16(3)4)23-14-18(6)24(34-23)25(30)28-19(7)26(31)32-8/h11-14,16,19,21,29H,9-10,15H2,1-8H3,(H,28,30)/t19-,21?/m1/s1. The van der Waals surface area contributed by atoms with Crippen LogP contribution >= 0.6 is 11.3 Å². The molecule has 2 atom stereocenters. The van der Waals surface area contributed by atoms with Gasteiger partial charge in [-0.05, 0) is 68.4 Å². The molecule has 1 heterocycles. The Balaban J connectivity index is 2.36. The zero-order valence-electron chi connectivity index (χ0n) is 21.7. The van der Waals surface area contributed by atoms with Crippen molar-refractivity contribution < 1.29 is 24.2 Å². The normalized spacial score (nSPS) is 13.5. The van der Waals surface area contributed by atoms with Gasteiger partial charge in [0.2, 0.25) is 0 Å². The van der Waals surface area contributed by atoms with Crippen LogP contribution in [0.3, 0.4) is 0 Å². The summed E-state index contributed by atoms with van der Waals surface area (Å²) >= 11 is 1.48. The summed E-state index contributed by atoms with van der Waals surface area (Å²) in [5, 5.41) is 12.8. The third-order valence-electron chi connectivity index (χ3n) is 6.61. The molecule has 188 valence electrons. The minimum absolute atomic E-state index is 0.136. The second kappa shape index (κ2) is 11.8. The molecule has 0 saturated carbocycles. The van der Waals surface area contributed by atoms with Gasteiger partial charge in [-0.15, -0.1) is 11.3 Å². The van der Waals surface area contributed by atoms with Crippen molar-refractivity contribution in [2.75, 3.05) is 13.7 Å². The number of aryl methyl sites for hydroxylation is 2. The third kappa shape index (κ3) is 5.99. The molecule has 1 unspecified atom stereocenters. The van der Waals surface area contributed by atoms with E-state index in [1.165, 1.54) is 24.0 Å². The van der Waals surface area contributed by atoms with Gasteiger partial charge < -0.3 is 19.9 Å². The number of aliphatic hydroxyl groups is 1. The zero-order chi connectivity index (χ0) is 25.6. The fourth-order valence-corrected chi connectivity index (χ4v) is 5.50. The predicted octanol–water partition coefficient (Wildman–Crippen LogP) is 5.16. The number of thiophene rings is 1. The number of rotatable bonds is 11. The van der Waals surface area contributed by atoms with Crippen LogP contribution in [-0.2, 0) is 14.9 Å². The number of nitrogens with one attached hydrogen (secondary N) is 1. The van der Waals surface area contributed by atoms with Crippen LogP contribution in [0.25, 0.3) is 0 Å². The molecule has 0 bridgehead atoms. The summed E-state index contributed by atoms with van der Waals surface area (Å²) in [6.45, 7) is 14.1. The van der Waals surface area contributed by atoms with Gasteiger partial charge >= 0.3 is 5.97 Å². The third-order valence-corrected chi connectivity index (χ3v) is 8.05. The van der Waals surface area contributed by atoms with Crippen LogP contribution in [0.15, 0.2) is 24.3 Å².